The second-order valence-electron chi connectivity index (χ2n) is 7.26. The topological polar surface area (TPSA) is 111 Å². The summed E-state index contributed by atoms with van der Waals surface area (Å²) in [6.45, 7) is 6.84. The van der Waals surface area contributed by atoms with E-state index < -0.39 is 28.3 Å². The zero-order valence-electron chi connectivity index (χ0n) is 16.2. The predicted molar refractivity (Wildman–Crippen MR) is 110 cm³/mol. The summed E-state index contributed by atoms with van der Waals surface area (Å²) in [5, 5.41) is 14.2. The lowest BCUT2D eigenvalue weighted by atomic mass is 9.85. The summed E-state index contributed by atoms with van der Waals surface area (Å²) >= 11 is 11.7. The Hall–Kier alpha value is -2.71. The third kappa shape index (κ3) is 5.65. The maximum Gasteiger partial charge on any atom is 0.339 e. The first-order valence-electron chi connectivity index (χ1n) is 8.52. The number of nitro benzene ring substituents is 1. The van der Waals surface area contributed by atoms with Gasteiger partial charge in [-0.2, -0.15) is 0 Å². The van der Waals surface area contributed by atoms with Crippen LogP contribution in [-0.4, -0.2) is 27.9 Å². The average molecular weight is 440 g/mol. The number of nitrogens with zero attached hydrogens (tertiary/aromatic N) is 2. The molecule has 1 atom stereocenters. The molecule has 29 heavy (non-hydrogen) atoms. The van der Waals surface area contributed by atoms with E-state index in [1.54, 1.807) is 0 Å². The van der Waals surface area contributed by atoms with Crippen LogP contribution < -0.4 is 5.32 Å². The number of nitrogens with one attached hydrogen (secondary N) is 1. The molecule has 0 aliphatic carbocycles. The van der Waals surface area contributed by atoms with Crippen LogP contribution in [0.2, 0.25) is 10.0 Å². The Morgan fingerprint density at radius 3 is 2.45 bits per heavy atom. The molecular weight excluding hydrogens is 421 g/mol. The van der Waals surface area contributed by atoms with Gasteiger partial charge in [0.05, 0.1) is 20.5 Å². The lowest BCUT2D eigenvalue weighted by Gasteiger charge is -2.19. The normalized spacial score (nSPS) is 12.2. The number of anilines is 1. The Bertz CT molecular complexity index is 973. The van der Waals surface area contributed by atoms with E-state index in [2.05, 4.69) is 10.3 Å². The maximum absolute atomic E-state index is 12.4. The molecule has 1 heterocycles. The minimum absolute atomic E-state index is 0.0352. The minimum atomic E-state index is -1.20. The molecule has 1 aromatic carbocycles. The molecule has 1 N–H and O–H groups in total. The first kappa shape index (κ1) is 22.6. The van der Waals surface area contributed by atoms with Crippen LogP contribution in [0.5, 0.6) is 0 Å². The van der Waals surface area contributed by atoms with Gasteiger partial charge in [-0.3, -0.25) is 14.9 Å². The number of esters is 1. The fourth-order valence-electron chi connectivity index (χ4n) is 2.45. The molecule has 0 fully saturated rings. The Kier molecular flexibility index (Phi) is 6.81. The summed E-state index contributed by atoms with van der Waals surface area (Å²) in [7, 11) is 0. The van der Waals surface area contributed by atoms with Gasteiger partial charge in [0.25, 0.3) is 11.6 Å². The Morgan fingerprint density at radius 1 is 1.24 bits per heavy atom. The highest BCUT2D eigenvalue weighted by atomic mass is 35.5. The molecule has 154 valence electrons. The number of pyridine rings is 1. The maximum atomic E-state index is 12.4. The van der Waals surface area contributed by atoms with Crippen LogP contribution in [0.3, 0.4) is 0 Å². The quantitative estimate of drug-likeness (QED) is 0.407. The molecule has 0 saturated heterocycles. The Morgan fingerprint density at radius 2 is 1.90 bits per heavy atom. The van der Waals surface area contributed by atoms with E-state index in [-0.39, 0.29) is 22.1 Å². The van der Waals surface area contributed by atoms with Crippen LogP contribution in [-0.2, 0) is 14.9 Å². The van der Waals surface area contributed by atoms with Crippen LogP contribution in [0.15, 0.2) is 30.5 Å². The molecule has 0 unspecified atom stereocenters. The molecule has 8 nitrogen and oxygen atoms in total. The van der Waals surface area contributed by atoms with Crippen molar-refractivity contribution in [3.63, 3.8) is 0 Å². The van der Waals surface area contributed by atoms with Gasteiger partial charge >= 0.3 is 5.97 Å². The number of carbonyl (C=O) groups excluding carboxylic acids is 2. The minimum Gasteiger partial charge on any atom is -0.449 e. The SMILES string of the molecule is C[C@@H](OC(=O)c1ccc(C(C)(C)C)c([N+](=O)[O-])c1)C(=O)Nc1ncc(Cl)cc1Cl. The highest BCUT2D eigenvalue weighted by Crippen LogP contribution is 2.32. The number of carbonyl (C=O) groups is 2. The monoisotopic (exact) mass is 439 g/mol. The van der Waals surface area contributed by atoms with Gasteiger partial charge in [-0.15, -0.1) is 0 Å². The standard InChI is InChI=1S/C19H19Cl2N3O5/c1-10(17(25)23-16-14(21)8-12(20)9-22-16)29-18(26)11-5-6-13(19(2,3)4)15(7-11)24(27)28/h5-10H,1-4H3,(H,22,23,25)/t10-/m1/s1. The molecule has 1 aromatic heterocycles. The molecule has 2 aromatic rings. The smallest absolute Gasteiger partial charge is 0.339 e. The number of halogens is 2. The van der Waals surface area contributed by atoms with Crippen LogP contribution in [0.1, 0.15) is 43.6 Å². The first-order valence-corrected chi connectivity index (χ1v) is 9.27. The number of hydrogen-bond donors (Lipinski definition) is 1. The summed E-state index contributed by atoms with van der Waals surface area (Å²) in [6, 6.07) is 5.48. The number of hydrogen-bond acceptors (Lipinski definition) is 6. The van der Waals surface area contributed by atoms with Crippen molar-refractivity contribution in [3.05, 3.63) is 61.7 Å². The highest BCUT2D eigenvalue weighted by molar-refractivity contribution is 6.36. The lowest BCUT2D eigenvalue weighted by molar-refractivity contribution is -0.386. The van der Waals surface area contributed by atoms with E-state index in [4.69, 9.17) is 27.9 Å². The number of amides is 1. The van der Waals surface area contributed by atoms with Crippen molar-refractivity contribution in [1.29, 1.82) is 0 Å². The fraction of sp³-hybridized carbons (Fsp3) is 0.316. The number of ether oxygens (including phenoxy) is 1. The third-order valence-corrected chi connectivity index (χ3v) is 4.44. The van der Waals surface area contributed by atoms with E-state index in [1.165, 1.54) is 31.3 Å². The van der Waals surface area contributed by atoms with Crippen molar-refractivity contribution < 1.29 is 19.2 Å². The van der Waals surface area contributed by atoms with Crippen LogP contribution in [0.4, 0.5) is 11.5 Å². The number of nitro groups is 1. The zero-order valence-corrected chi connectivity index (χ0v) is 17.7. The summed E-state index contributed by atoms with van der Waals surface area (Å²) in [5.74, 6) is -1.48. The largest absolute Gasteiger partial charge is 0.449 e. The van der Waals surface area contributed by atoms with Gasteiger partial charge in [0.1, 0.15) is 0 Å². The molecule has 0 saturated carbocycles. The van der Waals surface area contributed by atoms with Gasteiger partial charge in [-0.25, -0.2) is 9.78 Å². The molecule has 1 amide bonds. The van der Waals surface area contributed by atoms with Crippen molar-refractivity contribution in [2.45, 2.75) is 39.2 Å². The fourth-order valence-corrected chi connectivity index (χ4v) is 2.88. The predicted octanol–water partition coefficient (Wildman–Crippen LogP) is 4.78. The molecule has 10 heteroatoms. The molecule has 0 spiro atoms. The summed E-state index contributed by atoms with van der Waals surface area (Å²) in [5.41, 5.74) is -0.232. The van der Waals surface area contributed by atoms with Crippen molar-refractivity contribution >= 4 is 46.6 Å². The molecule has 0 radical (unpaired) electrons. The van der Waals surface area contributed by atoms with E-state index in [0.717, 1.165) is 6.07 Å². The molecule has 0 aliphatic rings. The summed E-state index contributed by atoms with van der Waals surface area (Å²) in [4.78, 5) is 39.4. The first-order chi connectivity index (χ1) is 13.4. The Balaban J connectivity index is 2.15. The number of aromatic nitrogens is 1. The van der Waals surface area contributed by atoms with Gasteiger partial charge < -0.3 is 10.1 Å². The molecular formula is C19H19Cl2N3O5. The van der Waals surface area contributed by atoms with E-state index in [1.807, 2.05) is 20.8 Å². The van der Waals surface area contributed by atoms with Crippen molar-refractivity contribution in [2.24, 2.45) is 0 Å². The van der Waals surface area contributed by atoms with Crippen molar-refractivity contribution in [2.75, 3.05) is 5.32 Å². The van der Waals surface area contributed by atoms with Crippen LogP contribution >= 0.6 is 23.2 Å². The second kappa shape index (κ2) is 8.75. The number of rotatable bonds is 5. The van der Waals surface area contributed by atoms with E-state index in [0.29, 0.717) is 10.6 Å². The second-order valence-corrected chi connectivity index (χ2v) is 8.10. The van der Waals surface area contributed by atoms with Gasteiger partial charge in [-0.1, -0.05) is 50.0 Å². The summed E-state index contributed by atoms with van der Waals surface area (Å²) in [6.07, 6.45) is 0.104. The highest BCUT2D eigenvalue weighted by Gasteiger charge is 2.27. The Labute approximate surface area is 177 Å². The average Bonchev–Trinajstić information content (AvgIpc) is 2.62. The van der Waals surface area contributed by atoms with Gasteiger partial charge in [-0.05, 0) is 24.5 Å². The molecule has 2 rings (SSSR count). The van der Waals surface area contributed by atoms with Crippen LogP contribution in [0.25, 0.3) is 0 Å². The van der Waals surface area contributed by atoms with Crippen molar-refractivity contribution in [1.82, 2.24) is 4.98 Å². The number of benzene rings is 1. The molecule has 0 aliphatic heterocycles. The van der Waals surface area contributed by atoms with Crippen LogP contribution in [0, 0.1) is 10.1 Å². The van der Waals surface area contributed by atoms with Gasteiger partial charge in [0.15, 0.2) is 11.9 Å². The summed E-state index contributed by atoms with van der Waals surface area (Å²) < 4.78 is 5.12. The lowest BCUT2D eigenvalue weighted by Crippen LogP contribution is -2.30. The van der Waals surface area contributed by atoms with Gasteiger partial charge in [0, 0.05) is 17.8 Å². The van der Waals surface area contributed by atoms with E-state index >= 15 is 0 Å². The van der Waals surface area contributed by atoms with Gasteiger partial charge in [0.2, 0.25) is 0 Å². The third-order valence-electron chi connectivity index (χ3n) is 3.94. The zero-order chi connectivity index (χ0) is 21.9. The van der Waals surface area contributed by atoms with E-state index in [9.17, 15) is 19.7 Å². The molecule has 0 bridgehead atoms. The van der Waals surface area contributed by atoms with Crippen molar-refractivity contribution in [3.8, 4) is 0 Å².